The van der Waals surface area contributed by atoms with Crippen LogP contribution in [0.25, 0.3) is 28.1 Å². The summed E-state index contributed by atoms with van der Waals surface area (Å²) in [5.74, 6) is 2.51. The summed E-state index contributed by atoms with van der Waals surface area (Å²) in [6.07, 6.45) is 3.52. The van der Waals surface area contributed by atoms with Crippen LogP contribution in [0.3, 0.4) is 0 Å². The zero-order chi connectivity index (χ0) is 20.0. The van der Waals surface area contributed by atoms with Gasteiger partial charge in [-0.15, -0.1) is 5.10 Å². The molecule has 1 aliphatic rings. The van der Waals surface area contributed by atoms with Gasteiger partial charge in [0.25, 0.3) is 0 Å². The van der Waals surface area contributed by atoms with Crippen molar-refractivity contribution in [3.05, 3.63) is 30.6 Å². The number of ether oxygens (including phenoxy) is 1. The normalized spacial score (nSPS) is 14.7. The van der Waals surface area contributed by atoms with Gasteiger partial charge in [0.15, 0.2) is 17.3 Å². The van der Waals surface area contributed by atoms with Crippen molar-refractivity contribution in [2.75, 3.05) is 50.2 Å². The maximum Gasteiger partial charge on any atom is 0.169 e. The monoisotopic (exact) mass is 393 g/mol. The van der Waals surface area contributed by atoms with E-state index in [0.29, 0.717) is 13.2 Å². The number of pyridine rings is 1. The van der Waals surface area contributed by atoms with Gasteiger partial charge in [0.05, 0.1) is 30.5 Å². The van der Waals surface area contributed by atoms with E-state index in [1.165, 1.54) is 0 Å². The minimum Gasteiger partial charge on any atom is -0.378 e. The van der Waals surface area contributed by atoms with Crippen LogP contribution in [-0.4, -0.2) is 75.1 Å². The molecule has 4 aromatic rings. The average molecular weight is 393 g/mol. The van der Waals surface area contributed by atoms with Crippen molar-refractivity contribution in [3.8, 4) is 17.1 Å². The lowest BCUT2D eigenvalue weighted by molar-refractivity contribution is 0.122. The van der Waals surface area contributed by atoms with E-state index < -0.39 is 0 Å². The fourth-order valence-electron chi connectivity index (χ4n) is 3.73. The van der Waals surface area contributed by atoms with Gasteiger partial charge < -0.3 is 14.5 Å². The minimum atomic E-state index is 0.698. The van der Waals surface area contributed by atoms with E-state index in [-0.39, 0.29) is 0 Å². The number of nitrogens with one attached hydrogen (secondary N) is 1. The quantitative estimate of drug-likeness (QED) is 0.561. The van der Waals surface area contributed by atoms with Gasteiger partial charge in [-0.2, -0.15) is 14.9 Å². The molecule has 150 valence electrons. The van der Waals surface area contributed by atoms with E-state index in [1.807, 2.05) is 53.7 Å². The molecule has 10 heteroatoms. The summed E-state index contributed by atoms with van der Waals surface area (Å²) in [5, 5.41) is 17.3. The molecule has 1 fully saturated rings. The first-order valence-corrected chi connectivity index (χ1v) is 9.55. The van der Waals surface area contributed by atoms with Crippen molar-refractivity contribution < 1.29 is 4.74 Å². The van der Waals surface area contributed by atoms with Crippen LogP contribution in [0, 0.1) is 0 Å². The molecule has 29 heavy (non-hydrogen) atoms. The number of hydrogen-bond acceptors (Lipinski definition) is 7. The molecule has 0 radical (unpaired) electrons. The molecule has 1 aliphatic heterocycles. The second-order valence-corrected chi connectivity index (χ2v) is 7.24. The number of rotatable bonds is 4. The maximum atomic E-state index is 5.53. The average Bonchev–Trinajstić information content (AvgIpc) is 3.47. The molecule has 0 bridgehead atoms. The van der Waals surface area contributed by atoms with Crippen LogP contribution in [-0.2, 0) is 11.8 Å². The van der Waals surface area contributed by atoms with Crippen molar-refractivity contribution >= 4 is 22.7 Å². The van der Waals surface area contributed by atoms with Crippen LogP contribution in [0.4, 0.5) is 11.6 Å². The van der Waals surface area contributed by atoms with Gasteiger partial charge in [0.1, 0.15) is 5.82 Å². The second-order valence-electron chi connectivity index (χ2n) is 7.24. The third kappa shape index (κ3) is 2.92. The highest BCUT2D eigenvalue weighted by molar-refractivity contribution is 6.02. The Morgan fingerprint density at radius 2 is 1.97 bits per heavy atom. The molecule has 0 amide bonds. The Kier molecular flexibility index (Phi) is 4.20. The molecule has 5 heterocycles. The zero-order valence-corrected chi connectivity index (χ0v) is 16.7. The fraction of sp³-hybridized carbons (Fsp3) is 0.368. The van der Waals surface area contributed by atoms with Crippen molar-refractivity contribution in [3.63, 3.8) is 0 Å². The summed E-state index contributed by atoms with van der Waals surface area (Å²) < 4.78 is 9.23. The minimum absolute atomic E-state index is 0.698. The highest BCUT2D eigenvalue weighted by atomic mass is 16.5. The molecular formula is C19H23N9O. The summed E-state index contributed by atoms with van der Waals surface area (Å²) in [6.45, 7) is 3.01. The Balaban J connectivity index is 1.83. The van der Waals surface area contributed by atoms with Crippen LogP contribution < -0.4 is 9.80 Å². The van der Waals surface area contributed by atoms with Crippen LogP contribution >= 0.6 is 0 Å². The molecule has 0 unspecified atom stereocenters. The molecule has 0 atom stereocenters. The lowest BCUT2D eigenvalue weighted by Crippen LogP contribution is -2.36. The molecular weight excluding hydrogens is 370 g/mol. The van der Waals surface area contributed by atoms with Gasteiger partial charge in [-0.05, 0) is 12.1 Å². The highest BCUT2D eigenvalue weighted by Gasteiger charge is 2.24. The van der Waals surface area contributed by atoms with Crippen molar-refractivity contribution in [1.29, 1.82) is 0 Å². The first kappa shape index (κ1) is 17.7. The van der Waals surface area contributed by atoms with Gasteiger partial charge in [-0.1, -0.05) is 0 Å². The number of anilines is 2. The number of hydrogen-bond donors (Lipinski definition) is 1. The van der Waals surface area contributed by atoms with E-state index in [1.54, 1.807) is 6.20 Å². The Hall–Kier alpha value is -3.40. The number of H-pyrrole nitrogens is 1. The molecule has 4 aromatic heterocycles. The molecule has 1 saturated heterocycles. The van der Waals surface area contributed by atoms with Crippen molar-refractivity contribution in [2.24, 2.45) is 7.05 Å². The number of aryl methyl sites for hydroxylation is 1. The maximum absolute atomic E-state index is 5.53. The van der Waals surface area contributed by atoms with E-state index in [2.05, 4.69) is 26.3 Å². The number of aromatic amines is 1. The zero-order valence-electron chi connectivity index (χ0n) is 16.7. The van der Waals surface area contributed by atoms with Crippen LogP contribution in [0.5, 0.6) is 0 Å². The summed E-state index contributed by atoms with van der Waals surface area (Å²) >= 11 is 0. The van der Waals surface area contributed by atoms with Crippen LogP contribution in [0.2, 0.25) is 0 Å². The number of nitrogens with zero attached hydrogens (tertiary/aromatic N) is 8. The molecule has 1 N–H and O–H groups in total. The van der Waals surface area contributed by atoms with E-state index in [4.69, 9.17) is 14.8 Å². The molecule has 0 aromatic carbocycles. The predicted molar refractivity (Wildman–Crippen MR) is 111 cm³/mol. The standard InChI is InChI=1S/C19H23N9O/c1-25(2)19-17-13(14-4-7-21-26(14)3)12-16(27-8-10-29-11-9-27)22-18(17)28(24-19)15-5-6-20-23-15/h4-7,12H,8-11H2,1-3H3,(H,20,23). The smallest absolute Gasteiger partial charge is 0.169 e. The van der Waals surface area contributed by atoms with E-state index >= 15 is 0 Å². The SMILES string of the molecule is CN(C)c1nn(-c2ccn[nH]2)c2nc(N3CCOCC3)cc(-c3ccnn3C)c12. The topological polar surface area (TPSA) is 92.9 Å². The lowest BCUT2D eigenvalue weighted by Gasteiger charge is -2.28. The fourth-order valence-corrected chi connectivity index (χ4v) is 3.73. The van der Waals surface area contributed by atoms with Crippen LogP contribution in [0.15, 0.2) is 30.6 Å². The van der Waals surface area contributed by atoms with Crippen molar-refractivity contribution in [2.45, 2.75) is 0 Å². The van der Waals surface area contributed by atoms with Gasteiger partial charge in [-0.3, -0.25) is 9.78 Å². The number of aromatic nitrogens is 7. The van der Waals surface area contributed by atoms with Gasteiger partial charge in [0.2, 0.25) is 0 Å². The second kappa shape index (κ2) is 6.89. The first-order valence-electron chi connectivity index (χ1n) is 9.55. The number of fused-ring (bicyclic) bond motifs is 1. The summed E-state index contributed by atoms with van der Waals surface area (Å²) in [6, 6.07) is 6.04. The Bertz CT molecular complexity index is 1140. The van der Waals surface area contributed by atoms with Gasteiger partial charge in [0, 0.05) is 52.1 Å². The van der Waals surface area contributed by atoms with Crippen LogP contribution in [0.1, 0.15) is 0 Å². The summed E-state index contributed by atoms with van der Waals surface area (Å²) in [5.41, 5.74) is 2.84. The molecule has 5 rings (SSSR count). The first-order chi connectivity index (χ1) is 14.1. The molecule has 0 saturated carbocycles. The third-order valence-corrected chi connectivity index (χ3v) is 5.18. The van der Waals surface area contributed by atoms with E-state index in [0.717, 1.165) is 52.8 Å². The lowest BCUT2D eigenvalue weighted by atomic mass is 10.1. The predicted octanol–water partition coefficient (Wildman–Crippen LogP) is 1.45. The van der Waals surface area contributed by atoms with Crippen molar-refractivity contribution in [1.82, 2.24) is 34.7 Å². The largest absolute Gasteiger partial charge is 0.378 e. The number of morpholine rings is 1. The van der Waals surface area contributed by atoms with Gasteiger partial charge in [-0.25, -0.2) is 4.98 Å². The highest BCUT2D eigenvalue weighted by Crippen LogP contribution is 2.37. The van der Waals surface area contributed by atoms with E-state index in [9.17, 15) is 0 Å². The summed E-state index contributed by atoms with van der Waals surface area (Å²) in [4.78, 5) is 9.28. The molecule has 10 nitrogen and oxygen atoms in total. The Morgan fingerprint density at radius 1 is 1.14 bits per heavy atom. The Morgan fingerprint density at radius 3 is 2.62 bits per heavy atom. The van der Waals surface area contributed by atoms with Gasteiger partial charge >= 0.3 is 0 Å². The molecule has 0 spiro atoms. The summed E-state index contributed by atoms with van der Waals surface area (Å²) in [7, 11) is 5.93. The molecule has 0 aliphatic carbocycles. The third-order valence-electron chi connectivity index (χ3n) is 5.18. The Labute approximate surface area is 167 Å².